The minimum absolute atomic E-state index is 0.123. The van der Waals surface area contributed by atoms with E-state index in [1.165, 1.54) is 40.7 Å². The van der Waals surface area contributed by atoms with Gasteiger partial charge in [-0.1, -0.05) is 37.3 Å². The molecule has 25 heavy (non-hydrogen) atoms. The van der Waals surface area contributed by atoms with Gasteiger partial charge in [-0.2, -0.15) is 9.61 Å². The lowest BCUT2D eigenvalue weighted by Crippen LogP contribution is -2.41. The Hall–Kier alpha value is -1.99. The largest absolute Gasteiger partial charge is 0.492 e. The molecule has 0 aliphatic carbocycles. The van der Waals surface area contributed by atoms with Gasteiger partial charge in [-0.15, -0.1) is 0 Å². The average Bonchev–Trinajstić information content (AvgIpc) is 3.13. The number of aromatic nitrogens is 3. The number of piperidine rings is 1. The molecular formula is C18H21FN4OS. The van der Waals surface area contributed by atoms with Crippen molar-refractivity contribution in [2.24, 2.45) is 11.8 Å². The lowest BCUT2D eigenvalue weighted by Gasteiger charge is -2.40. The Morgan fingerprint density at radius 2 is 1.88 bits per heavy atom. The Balaban J connectivity index is 1.81. The predicted molar refractivity (Wildman–Crippen MR) is 95.3 cm³/mol. The molecular weight excluding hydrogens is 339 g/mol. The molecule has 0 saturated carbocycles. The maximum absolute atomic E-state index is 13.4. The van der Waals surface area contributed by atoms with Gasteiger partial charge in [0.15, 0.2) is 0 Å². The zero-order valence-corrected chi connectivity index (χ0v) is 15.1. The Bertz CT molecular complexity index is 865. The van der Waals surface area contributed by atoms with E-state index in [-0.39, 0.29) is 17.7 Å². The van der Waals surface area contributed by atoms with Crippen LogP contribution in [0.5, 0.6) is 5.88 Å². The third kappa shape index (κ3) is 3.02. The van der Waals surface area contributed by atoms with Crippen LogP contribution in [0, 0.1) is 17.7 Å². The van der Waals surface area contributed by atoms with Gasteiger partial charge < -0.3 is 5.11 Å². The van der Waals surface area contributed by atoms with Gasteiger partial charge in [0.05, 0.1) is 10.9 Å². The molecule has 0 unspecified atom stereocenters. The number of likely N-dealkylation sites (tertiary alicyclic amines) is 1. The van der Waals surface area contributed by atoms with Crippen LogP contribution in [0.4, 0.5) is 4.39 Å². The second-order valence-electron chi connectivity index (χ2n) is 7.10. The SMILES string of the molecule is C[C@@H]1C[C@@H](C)CN([C@@H](c2ccc(F)cc2)c2sc3ncnn3c2O)C1. The summed E-state index contributed by atoms with van der Waals surface area (Å²) in [5.41, 5.74) is 0.975. The van der Waals surface area contributed by atoms with Crippen molar-refractivity contribution in [2.75, 3.05) is 13.1 Å². The van der Waals surface area contributed by atoms with Crippen molar-refractivity contribution in [2.45, 2.75) is 26.3 Å². The van der Waals surface area contributed by atoms with Crippen molar-refractivity contribution >= 4 is 16.3 Å². The number of hydrogen-bond acceptors (Lipinski definition) is 5. The van der Waals surface area contributed by atoms with Crippen molar-refractivity contribution in [3.05, 3.63) is 46.9 Å². The molecule has 0 amide bonds. The molecule has 1 saturated heterocycles. The molecule has 0 spiro atoms. The molecule has 0 radical (unpaired) electrons. The summed E-state index contributed by atoms with van der Waals surface area (Å²) in [6.45, 7) is 6.40. The summed E-state index contributed by atoms with van der Waals surface area (Å²) in [5.74, 6) is 1.03. The van der Waals surface area contributed by atoms with Crippen LogP contribution in [-0.4, -0.2) is 37.7 Å². The van der Waals surface area contributed by atoms with Crippen LogP contribution in [0.25, 0.3) is 4.96 Å². The summed E-state index contributed by atoms with van der Waals surface area (Å²) in [6.07, 6.45) is 2.64. The molecule has 7 heteroatoms. The van der Waals surface area contributed by atoms with E-state index in [1.54, 1.807) is 12.1 Å². The second kappa shape index (κ2) is 6.38. The van der Waals surface area contributed by atoms with Crippen molar-refractivity contribution in [3.63, 3.8) is 0 Å². The van der Waals surface area contributed by atoms with Gasteiger partial charge >= 0.3 is 0 Å². The minimum Gasteiger partial charge on any atom is -0.492 e. The van der Waals surface area contributed by atoms with Crippen LogP contribution in [0.1, 0.15) is 36.8 Å². The van der Waals surface area contributed by atoms with E-state index in [9.17, 15) is 9.50 Å². The van der Waals surface area contributed by atoms with Gasteiger partial charge in [0.25, 0.3) is 0 Å². The number of fused-ring (bicyclic) bond motifs is 1. The van der Waals surface area contributed by atoms with E-state index in [4.69, 9.17) is 0 Å². The third-order valence-corrected chi connectivity index (χ3v) is 5.92. The van der Waals surface area contributed by atoms with Gasteiger partial charge in [-0.3, -0.25) is 4.90 Å². The highest BCUT2D eigenvalue weighted by atomic mass is 32.1. The maximum Gasteiger partial charge on any atom is 0.230 e. The molecule has 0 bridgehead atoms. The highest BCUT2D eigenvalue weighted by Crippen LogP contribution is 2.41. The van der Waals surface area contributed by atoms with Crippen LogP contribution in [-0.2, 0) is 0 Å². The van der Waals surface area contributed by atoms with Crippen LogP contribution < -0.4 is 0 Å². The first-order valence-corrected chi connectivity index (χ1v) is 9.35. The zero-order valence-electron chi connectivity index (χ0n) is 14.3. The lowest BCUT2D eigenvalue weighted by atomic mass is 9.89. The summed E-state index contributed by atoms with van der Waals surface area (Å²) < 4.78 is 14.9. The van der Waals surface area contributed by atoms with Crippen molar-refractivity contribution in [1.82, 2.24) is 19.5 Å². The van der Waals surface area contributed by atoms with Crippen LogP contribution in [0.2, 0.25) is 0 Å². The lowest BCUT2D eigenvalue weighted by molar-refractivity contribution is 0.112. The number of rotatable bonds is 3. The predicted octanol–water partition coefficient (Wildman–Crippen LogP) is 3.70. The topological polar surface area (TPSA) is 53.7 Å². The molecule has 4 rings (SSSR count). The summed E-state index contributed by atoms with van der Waals surface area (Å²) >= 11 is 1.44. The van der Waals surface area contributed by atoms with E-state index >= 15 is 0 Å². The van der Waals surface area contributed by atoms with E-state index in [0.717, 1.165) is 23.5 Å². The maximum atomic E-state index is 13.4. The first kappa shape index (κ1) is 16.5. The normalized spacial score (nSPS) is 23.2. The molecule has 1 aliphatic rings. The van der Waals surface area contributed by atoms with Crippen molar-refractivity contribution in [1.29, 1.82) is 0 Å². The second-order valence-corrected chi connectivity index (χ2v) is 8.11. The molecule has 5 nitrogen and oxygen atoms in total. The first-order chi connectivity index (χ1) is 12.0. The fourth-order valence-corrected chi connectivity index (χ4v) is 5.06. The van der Waals surface area contributed by atoms with Gasteiger partial charge in [-0.05, 0) is 36.0 Å². The summed E-state index contributed by atoms with van der Waals surface area (Å²) in [5, 5.41) is 14.8. The molecule has 1 N–H and O–H groups in total. The molecule has 1 aromatic carbocycles. The first-order valence-electron chi connectivity index (χ1n) is 8.54. The molecule has 132 valence electrons. The van der Waals surface area contributed by atoms with Crippen LogP contribution >= 0.6 is 11.3 Å². The summed E-state index contributed by atoms with van der Waals surface area (Å²) in [7, 11) is 0. The van der Waals surface area contributed by atoms with E-state index in [2.05, 4.69) is 28.8 Å². The number of benzene rings is 1. The average molecular weight is 360 g/mol. The highest BCUT2D eigenvalue weighted by molar-refractivity contribution is 7.17. The number of halogens is 1. The Kier molecular flexibility index (Phi) is 4.21. The number of thiazole rings is 1. The highest BCUT2D eigenvalue weighted by Gasteiger charge is 2.33. The minimum atomic E-state index is -0.255. The number of aromatic hydroxyl groups is 1. The Morgan fingerprint density at radius 3 is 2.52 bits per heavy atom. The summed E-state index contributed by atoms with van der Waals surface area (Å²) in [6, 6.07) is 6.44. The molecule has 3 aromatic rings. The molecule has 2 aromatic heterocycles. The Morgan fingerprint density at radius 1 is 1.20 bits per heavy atom. The molecule has 1 aliphatic heterocycles. The van der Waals surface area contributed by atoms with Crippen molar-refractivity contribution in [3.8, 4) is 5.88 Å². The van der Waals surface area contributed by atoms with E-state index in [0.29, 0.717) is 16.8 Å². The van der Waals surface area contributed by atoms with Gasteiger partial charge in [0, 0.05) is 13.1 Å². The smallest absolute Gasteiger partial charge is 0.230 e. The van der Waals surface area contributed by atoms with Crippen molar-refractivity contribution < 1.29 is 9.50 Å². The van der Waals surface area contributed by atoms with Gasteiger partial charge in [0.2, 0.25) is 10.8 Å². The van der Waals surface area contributed by atoms with E-state index < -0.39 is 0 Å². The van der Waals surface area contributed by atoms with Gasteiger partial charge in [-0.25, -0.2) is 9.37 Å². The molecule has 3 heterocycles. The van der Waals surface area contributed by atoms with E-state index in [1.807, 2.05) is 0 Å². The van der Waals surface area contributed by atoms with Crippen LogP contribution in [0.3, 0.4) is 0 Å². The fraction of sp³-hybridized carbons (Fsp3) is 0.444. The molecule has 1 fully saturated rings. The number of hydrogen-bond donors (Lipinski definition) is 1. The van der Waals surface area contributed by atoms with Gasteiger partial charge in [0.1, 0.15) is 12.1 Å². The van der Waals surface area contributed by atoms with Crippen LogP contribution in [0.15, 0.2) is 30.6 Å². The Labute approximate surface area is 149 Å². The summed E-state index contributed by atoms with van der Waals surface area (Å²) in [4.78, 5) is 8.06. The third-order valence-electron chi connectivity index (χ3n) is 4.84. The zero-order chi connectivity index (χ0) is 17.6. The monoisotopic (exact) mass is 360 g/mol. The standard InChI is InChI=1S/C18H21FN4OS/c1-11-7-12(2)9-22(8-11)15(13-3-5-14(19)6-4-13)16-17(24)23-18(25-16)20-10-21-23/h3-6,10-12,15,24H,7-9H2,1-2H3/t11-,12-,15+/m1/s1. The molecule has 3 atom stereocenters. The number of nitrogens with zero attached hydrogens (tertiary/aromatic N) is 4. The quantitative estimate of drug-likeness (QED) is 0.774. The fourth-order valence-electron chi connectivity index (χ4n) is 3.97.